The van der Waals surface area contributed by atoms with Gasteiger partial charge in [0.25, 0.3) is 5.91 Å². The van der Waals surface area contributed by atoms with Gasteiger partial charge in [-0.3, -0.25) is 9.48 Å². The predicted molar refractivity (Wildman–Crippen MR) is 74.6 cm³/mol. The molecule has 0 bridgehead atoms. The number of amides is 1. The number of hydrogen-bond donors (Lipinski definition) is 2. The maximum absolute atomic E-state index is 11.9. The van der Waals surface area contributed by atoms with Crippen LogP contribution in [0.3, 0.4) is 0 Å². The van der Waals surface area contributed by atoms with Crippen LogP contribution >= 0.6 is 11.3 Å². The summed E-state index contributed by atoms with van der Waals surface area (Å²) in [6.07, 6.45) is 3.60. The molecule has 1 amide bonds. The summed E-state index contributed by atoms with van der Waals surface area (Å²) < 4.78 is 1.70. The van der Waals surface area contributed by atoms with Crippen LogP contribution in [0.4, 0.5) is 0 Å². The summed E-state index contributed by atoms with van der Waals surface area (Å²) >= 11 is 1.44. The fraction of sp³-hybridized carbons (Fsp3) is 0.231. The molecule has 0 saturated heterocycles. The molecule has 0 fully saturated rings. The van der Waals surface area contributed by atoms with E-state index >= 15 is 0 Å². The second-order valence-electron chi connectivity index (χ2n) is 3.91. The minimum Gasteiger partial charge on any atom is -0.348 e. The maximum Gasteiger partial charge on any atom is 0.252 e. The third kappa shape index (κ3) is 3.68. The summed E-state index contributed by atoms with van der Waals surface area (Å²) in [6.45, 7) is 0.784. The second-order valence-corrected chi connectivity index (χ2v) is 4.82. The van der Waals surface area contributed by atoms with Gasteiger partial charge < -0.3 is 11.1 Å². The Bertz CT molecular complexity index is 632. The van der Waals surface area contributed by atoms with Crippen molar-refractivity contribution in [2.24, 2.45) is 12.8 Å². The lowest BCUT2D eigenvalue weighted by Crippen LogP contribution is -2.21. The summed E-state index contributed by atoms with van der Waals surface area (Å²) in [6, 6.07) is 1.77. The molecule has 0 radical (unpaired) electrons. The van der Waals surface area contributed by atoms with Gasteiger partial charge in [0.15, 0.2) is 0 Å². The zero-order chi connectivity index (χ0) is 13.7. The van der Waals surface area contributed by atoms with E-state index in [1.165, 1.54) is 11.3 Å². The first kappa shape index (κ1) is 13.3. The van der Waals surface area contributed by atoms with E-state index in [2.05, 4.69) is 22.3 Å². The molecular weight excluding hydrogens is 260 g/mol. The zero-order valence-electron chi connectivity index (χ0n) is 10.5. The molecule has 0 atom stereocenters. The number of nitrogens with one attached hydrogen (secondary N) is 1. The van der Waals surface area contributed by atoms with Gasteiger partial charge >= 0.3 is 0 Å². The van der Waals surface area contributed by atoms with Crippen molar-refractivity contribution in [3.8, 4) is 11.8 Å². The van der Waals surface area contributed by atoms with E-state index < -0.39 is 0 Å². The van der Waals surface area contributed by atoms with Gasteiger partial charge in [-0.15, -0.1) is 11.3 Å². The van der Waals surface area contributed by atoms with Crippen molar-refractivity contribution in [3.63, 3.8) is 0 Å². The van der Waals surface area contributed by atoms with Crippen LogP contribution in [0, 0.1) is 11.8 Å². The molecule has 2 aromatic rings. The van der Waals surface area contributed by atoms with Gasteiger partial charge in [-0.1, -0.05) is 11.8 Å². The molecule has 6 heteroatoms. The van der Waals surface area contributed by atoms with Gasteiger partial charge in [-0.05, 0) is 6.07 Å². The van der Waals surface area contributed by atoms with Crippen molar-refractivity contribution in [1.82, 2.24) is 15.1 Å². The number of nitrogens with zero attached hydrogens (tertiary/aromatic N) is 2. The van der Waals surface area contributed by atoms with E-state index in [-0.39, 0.29) is 5.91 Å². The first-order valence-electron chi connectivity index (χ1n) is 5.72. The Labute approximate surface area is 115 Å². The molecule has 0 aliphatic heterocycles. The van der Waals surface area contributed by atoms with Gasteiger partial charge in [-0.25, -0.2) is 0 Å². The molecule has 0 unspecified atom stereocenters. The predicted octanol–water partition coefficient (Wildman–Crippen LogP) is 0.722. The Morgan fingerprint density at radius 2 is 2.47 bits per heavy atom. The molecule has 3 N–H and O–H groups in total. The lowest BCUT2D eigenvalue weighted by Gasteiger charge is -2.00. The Morgan fingerprint density at radius 3 is 3.16 bits per heavy atom. The minimum absolute atomic E-state index is 0.110. The van der Waals surface area contributed by atoms with Crippen LogP contribution in [0.25, 0.3) is 0 Å². The Kier molecular flexibility index (Phi) is 4.34. The van der Waals surface area contributed by atoms with Gasteiger partial charge in [0.1, 0.15) is 0 Å². The summed E-state index contributed by atoms with van der Waals surface area (Å²) in [5.41, 5.74) is 6.89. The summed E-state index contributed by atoms with van der Waals surface area (Å²) in [7, 11) is 1.84. The normalized spacial score (nSPS) is 9.79. The van der Waals surface area contributed by atoms with Crippen LogP contribution in [-0.4, -0.2) is 22.2 Å². The average Bonchev–Trinajstić information content (AvgIpc) is 3.02. The van der Waals surface area contributed by atoms with Crippen molar-refractivity contribution >= 4 is 17.2 Å². The van der Waals surface area contributed by atoms with Crippen LogP contribution < -0.4 is 11.1 Å². The summed E-state index contributed by atoms with van der Waals surface area (Å²) in [4.78, 5) is 12.8. The largest absolute Gasteiger partial charge is 0.348 e. The first-order chi connectivity index (χ1) is 9.19. The molecule has 5 nitrogen and oxygen atoms in total. The lowest BCUT2D eigenvalue weighted by molar-refractivity contribution is 0.0951. The van der Waals surface area contributed by atoms with E-state index in [1.807, 2.05) is 13.2 Å². The smallest absolute Gasteiger partial charge is 0.252 e. The fourth-order valence-corrected chi connectivity index (χ4v) is 2.26. The number of carbonyl (C=O) groups excluding carboxylic acids is 1. The maximum atomic E-state index is 11.9. The Hall–Kier alpha value is -2.10. The highest BCUT2D eigenvalue weighted by molar-refractivity contribution is 7.10. The highest BCUT2D eigenvalue weighted by Crippen LogP contribution is 2.13. The number of aromatic nitrogens is 2. The van der Waals surface area contributed by atoms with Gasteiger partial charge in [0, 0.05) is 30.7 Å². The molecule has 2 aromatic heterocycles. The Morgan fingerprint density at radius 1 is 1.63 bits per heavy atom. The third-order valence-electron chi connectivity index (χ3n) is 2.39. The van der Waals surface area contributed by atoms with E-state index in [9.17, 15) is 4.79 Å². The molecule has 2 rings (SSSR count). The standard InChI is InChI=1S/C13H14N4OS/c1-17-8-10(7-16-17)6-15-13(18)11-5-12(19-9-11)3-2-4-14/h5,7-9H,4,6,14H2,1H3,(H,15,18). The lowest BCUT2D eigenvalue weighted by atomic mass is 10.2. The quantitative estimate of drug-likeness (QED) is 0.810. The van der Waals surface area contributed by atoms with Gasteiger partial charge in [0.2, 0.25) is 0 Å². The topological polar surface area (TPSA) is 72.9 Å². The summed E-state index contributed by atoms with van der Waals surface area (Å²) in [5, 5.41) is 8.67. The van der Waals surface area contributed by atoms with Crippen LogP contribution in [0.1, 0.15) is 20.8 Å². The molecule has 2 heterocycles. The van der Waals surface area contributed by atoms with Crippen molar-refractivity contribution in [1.29, 1.82) is 0 Å². The van der Waals surface area contributed by atoms with Crippen molar-refractivity contribution in [2.45, 2.75) is 6.54 Å². The molecule has 0 aliphatic rings. The van der Waals surface area contributed by atoms with Crippen molar-refractivity contribution in [3.05, 3.63) is 39.8 Å². The second kappa shape index (κ2) is 6.18. The molecular formula is C13H14N4OS. The first-order valence-corrected chi connectivity index (χ1v) is 6.60. The SMILES string of the molecule is Cn1cc(CNC(=O)c2csc(C#CCN)c2)cn1. The molecule has 0 aromatic carbocycles. The van der Waals surface area contributed by atoms with E-state index in [1.54, 1.807) is 22.3 Å². The van der Waals surface area contributed by atoms with Crippen LogP contribution in [0.2, 0.25) is 0 Å². The zero-order valence-corrected chi connectivity index (χ0v) is 11.3. The van der Waals surface area contributed by atoms with Gasteiger partial charge in [0.05, 0.1) is 23.2 Å². The monoisotopic (exact) mass is 274 g/mol. The number of thiophene rings is 1. The van der Waals surface area contributed by atoms with Crippen LogP contribution in [-0.2, 0) is 13.6 Å². The molecule has 0 aliphatic carbocycles. The van der Waals surface area contributed by atoms with E-state index in [4.69, 9.17) is 5.73 Å². The van der Waals surface area contributed by atoms with Crippen molar-refractivity contribution < 1.29 is 4.79 Å². The average molecular weight is 274 g/mol. The third-order valence-corrected chi connectivity index (χ3v) is 3.23. The minimum atomic E-state index is -0.110. The fourth-order valence-electron chi connectivity index (χ4n) is 1.51. The van der Waals surface area contributed by atoms with Crippen molar-refractivity contribution in [2.75, 3.05) is 6.54 Å². The molecule has 98 valence electrons. The van der Waals surface area contributed by atoms with E-state index in [0.29, 0.717) is 18.7 Å². The number of rotatable bonds is 3. The van der Waals surface area contributed by atoms with E-state index in [0.717, 1.165) is 10.4 Å². The highest BCUT2D eigenvalue weighted by atomic mass is 32.1. The Balaban J connectivity index is 1.94. The summed E-state index contributed by atoms with van der Waals surface area (Å²) in [5.74, 6) is 5.56. The number of aryl methyl sites for hydroxylation is 1. The number of hydrogen-bond acceptors (Lipinski definition) is 4. The number of nitrogens with two attached hydrogens (primary N) is 1. The molecule has 0 saturated carbocycles. The van der Waals surface area contributed by atoms with Crippen LogP contribution in [0.15, 0.2) is 23.8 Å². The molecule has 19 heavy (non-hydrogen) atoms. The molecule has 0 spiro atoms. The van der Waals surface area contributed by atoms with Crippen LogP contribution in [0.5, 0.6) is 0 Å². The van der Waals surface area contributed by atoms with Gasteiger partial charge in [-0.2, -0.15) is 5.10 Å². The highest BCUT2D eigenvalue weighted by Gasteiger charge is 2.08. The number of carbonyl (C=O) groups is 1.